The Morgan fingerprint density at radius 1 is 1.61 bits per heavy atom. The van der Waals surface area contributed by atoms with Crippen LogP contribution in [0.1, 0.15) is 37.8 Å². The van der Waals surface area contributed by atoms with Crippen LogP contribution in [0.15, 0.2) is 18.5 Å². The van der Waals surface area contributed by atoms with Crippen LogP contribution in [0.3, 0.4) is 0 Å². The summed E-state index contributed by atoms with van der Waals surface area (Å²) in [6, 6.07) is 2.21. The Labute approximate surface area is 113 Å². The van der Waals surface area contributed by atoms with Crippen LogP contribution in [-0.2, 0) is 0 Å². The third-order valence-electron chi connectivity index (χ3n) is 3.08. The fourth-order valence-corrected chi connectivity index (χ4v) is 3.59. The largest absolute Gasteiger partial charge is 0.492 e. The number of nitrogens with one attached hydrogen (secondary N) is 1. The van der Waals surface area contributed by atoms with Gasteiger partial charge in [0.05, 0.1) is 18.8 Å². The molecular weight excluding hydrogens is 246 g/mol. The van der Waals surface area contributed by atoms with E-state index >= 15 is 0 Å². The average Bonchev–Trinajstić information content (AvgIpc) is 2.92. The summed E-state index contributed by atoms with van der Waals surface area (Å²) in [5.41, 5.74) is 4.04. The quantitative estimate of drug-likeness (QED) is 0.611. The molecule has 18 heavy (non-hydrogen) atoms. The first-order valence-electron chi connectivity index (χ1n) is 6.50. The number of thioether (sulfide) groups is 1. The van der Waals surface area contributed by atoms with Crippen molar-refractivity contribution < 1.29 is 4.74 Å². The van der Waals surface area contributed by atoms with Crippen molar-refractivity contribution in [1.29, 1.82) is 0 Å². The molecule has 0 spiro atoms. The van der Waals surface area contributed by atoms with Crippen molar-refractivity contribution in [2.24, 2.45) is 5.84 Å². The van der Waals surface area contributed by atoms with Crippen molar-refractivity contribution in [2.45, 2.75) is 37.5 Å². The Morgan fingerprint density at radius 2 is 2.50 bits per heavy atom. The van der Waals surface area contributed by atoms with Gasteiger partial charge in [-0.05, 0) is 36.6 Å². The predicted molar refractivity (Wildman–Crippen MR) is 75.6 cm³/mol. The van der Waals surface area contributed by atoms with Gasteiger partial charge in [-0.25, -0.2) is 0 Å². The molecule has 1 saturated heterocycles. The van der Waals surface area contributed by atoms with E-state index in [1.165, 1.54) is 18.6 Å². The molecule has 0 saturated carbocycles. The fraction of sp³-hybridized carbons (Fsp3) is 0.615. The maximum absolute atomic E-state index is 5.70. The molecule has 0 aliphatic carbocycles. The van der Waals surface area contributed by atoms with Gasteiger partial charge in [-0.2, -0.15) is 11.8 Å². The topological polar surface area (TPSA) is 60.2 Å². The summed E-state index contributed by atoms with van der Waals surface area (Å²) in [4.78, 5) is 4.25. The van der Waals surface area contributed by atoms with Crippen molar-refractivity contribution in [3.05, 3.63) is 24.0 Å². The summed E-state index contributed by atoms with van der Waals surface area (Å²) in [5, 5.41) is 0.540. The van der Waals surface area contributed by atoms with Crippen molar-refractivity contribution in [3.8, 4) is 5.75 Å². The molecular formula is C13H21N3OS. The molecule has 5 heteroatoms. The van der Waals surface area contributed by atoms with Crippen LogP contribution in [0.4, 0.5) is 0 Å². The minimum absolute atomic E-state index is 0.162. The molecule has 1 aliphatic rings. The molecule has 1 fully saturated rings. The molecule has 4 nitrogen and oxygen atoms in total. The molecule has 2 rings (SSSR count). The Balaban J connectivity index is 2.09. The van der Waals surface area contributed by atoms with Crippen LogP contribution in [0, 0.1) is 0 Å². The Hall–Kier alpha value is -0.780. The van der Waals surface area contributed by atoms with E-state index in [4.69, 9.17) is 10.6 Å². The van der Waals surface area contributed by atoms with Gasteiger partial charge in [0.25, 0.3) is 0 Å². The number of nitrogens with two attached hydrogens (primary N) is 1. The smallest absolute Gasteiger partial charge is 0.137 e. The van der Waals surface area contributed by atoms with Crippen LogP contribution >= 0.6 is 11.8 Å². The van der Waals surface area contributed by atoms with Gasteiger partial charge in [-0.15, -0.1) is 0 Å². The summed E-state index contributed by atoms with van der Waals surface area (Å²) in [6.07, 6.45) is 7.12. The third kappa shape index (κ3) is 3.37. The molecule has 0 bridgehead atoms. The fourth-order valence-electron chi connectivity index (χ4n) is 2.19. The molecule has 100 valence electrons. The highest BCUT2D eigenvalue weighted by molar-refractivity contribution is 8.00. The van der Waals surface area contributed by atoms with Gasteiger partial charge in [0, 0.05) is 11.4 Å². The van der Waals surface area contributed by atoms with E-state index in [-0.39, 0.29) is 6.04 Å². The number of pyridine rings is 1. The first-order valence-corrected chi connectivity index (χ1v) is 7.55. The zero-order valence-corrected chi connectivity index (χ0v) is 11.6. The lowest BCUT2D eigenvalue weighted by molar-refractivity contribution is 0.315. The normalized spacial score (nSPS) is 20.9. The number of hydrogen-bond donors (Lipinski definition) is 2. The Bertz CT molecular complexity index is 369. The molecule has 3 N–H and O–H groups in total. The molecule has 2 unspecified atom stereocenters. The number of rotatable bonds is 6. The molecule has 2 atom stereocenters. The maximum atomic E-state index is 5.70. The Kier molecular flexibility index (Phi) is 5.28. The number of hydrazine groups is 1. The van der Waals surface area contributed by atoms with Gasteiger partial charge in [0.2, 0.25) is 0 Å². The van der Waals surface area contributed by atoms with Crippen molar-refractivity contribution in [3.63, 3.8) is 0 Å². The second-order valence-electron chi connectivity index (χ2n) is 4.50. The maximum Gasteiger partial charge on any atom is 0.137 e. The van der Waals surface area contributed by atoms with E-state index in [9.17, 15) is 0 Å². The van der Waals surface area contributed by atoms with E-state index in [0.717, 1.165) is 24.3 Å². The lowest BCUT2D eigenvalue weighted by atomic mass is 10.0. The lowest BCUT2D eigenvalue weighted by Gasteiger charge is -2.22. The van der Waals surface area contributed by atoms with Crippen LogP contribution < -0.4 is 16.0 Å². The van der Waals surface area contributed by atoms with Gasteiger partial charge in [0.1, 0.15) is 5.75 Å². The number of hydrogen-bond acceptors (Lipinski definition) is 5. The molecule has 0 radical (unpaired) electrons. The van der Waals surface area contributed by atoms with E-state index in [1.54, 1.807) is 6.20 Å². The SMILES string of the molecule is CCCOc1cncc(C(NN)C2CCCS2)c1. The lowest BCUT2D eigenvalue weighted by Crippen LogP contribution is -2.34. The first kappa shape index (κ1) is 13.6. The van der Waals surface area contributed by atoms with Crippen LogP contribution in [0.5, 0.6) is 5.75 Å². The minimum Gasteiger partial charge on any atom is -0.492 e. The van der Waals surface area contributed by atoms with Gasteiger partial charge in [-0.1, -0.05) is 6.92 Å². The van der Waals surface area contributed by atoms with E-state index < -0.39 is 0 Å². The highest BCUT2D eigenvalue weighted by Crippen LogP contribution is 2.36. The molecule has 1 aliphatic heterocycles. The van der Waals surface area contributed by atoms with Crippen LogP contribution in [0.2, 0.25) is 0 Å². The number of ether oxygens (including phenoxy) is 1. The molecule has 1 aromatic heterocycles. The van der Waals surface area contributed by atoms with Crippen LogP contribution in [0.25, 0.3) is 0 Å². The highest BCUT2D eigenvalue weighted by atomic mass is 32.2. The second kappa shape index (κ2) is 6.97. The van der Waals surface area contributed by atoms with Crippen molar-refractivity contribution in [1.82, 2.24) is 10.4 Å². The summed E-state index contributed by atoms with van der Waals surface area (Å²) in [5.74, 6) is 7.76. The zero-order valence-electron chi connectivity index (χ0n) is 10.8. The van der Waals surface area contributed by atoms with Gasteiger partial charge in [0.15, 0.2) is 0 Å². The van der Waals surface area contributed by atoms with E-state index in [0.29, 0.717) is 5.25 Å². The molecule has 0 aromatic carbocycles. The number of aromatic nitrogens is 1. The third-order valence-corrected chi connectivity index (χ3v) is 4.54. The summed E-state index contributed by atoms with van der Waals surface area (Å²) >= 11 is 1.98. The van der Waals surface area contributed by atoms with Crippen molar-refractivity contribution >= 4 is 11.8 Å². The standard InChI is InChI=1S/C13H21N3OS/c1-2-5-17-11-7-10(8-15-9-11)13(16-14)12-4-3-6-18-12/h7-9,12-13,16H,2-6,14H2,1H3. The van der Waals surface area contributed by atoms with Crippen LogP contribution in [-0.4, -0.2) is 22.6 Å². The van der Waals surface area contributed by atoms with E-state index in [1.807, 2.05) is 24.0 Å². The summed E-state index contributed by atoms with van der Waals surface area (Å²) in [6.45, 7) is 2.82. The second-order valence-corrected chi connectivity index (χ2v) is 5.85. The molecule has 2 heterocycles. The monoisotopic (exact) mass is 267 g/mol. The number of nitrogens with zero attached hydrogens (tertiary/aromatic N) is 1. The first-order chi connectivity index (χ1) is 8.85. The minimum atomic E-state index is 0.162. The zero-order chi connectivity index (χ0) is 12.8. The van der Waals surface area contributed by atoms with Gasteiger partial charge >= 0.3 is 0 Å². The van der Waals surface area contributed by atoms with Gasteiger partial charge < -0.3 is 4.74 Å². The summed E-state index contributed by atoms with van der Waals surface area (Å²) < 4.78 is 5.62. The molecule has 0 amide bonds. The predicted octanol–water partition coefficient (Wildman–Crippen LogP) is 2.27. The highest BCUT2D eigenvalue weighted by Gasteiger charge is 2.26. The average molecular weight is 267 g/mol. The molecule has 1 aromatic rings. The van der Waals surface area contributed by atoms with Gasteiger partial charge in [-0.3, -0.25) is 16.3 Å². The Morgan fingerprint density at radius 3 is 3.17 bits per heavy atom. The van der Waals surface area contributed by atoms with E-state index in [2.05, 4.69) is 17.3 Å². The summed E-state index contributed by atoms with van der Waals surface area (Å²) in [7, 11) is 0. The van der Waals surface area contributed by atoms with Crippen molar-refractivity contribution in [2.75, 3.05) is 12.4 Å².